The Hall–Kier alpha value is -2.86. The van der Waals surface area contributed by atoms with Crippen molar-refractivity contribution >= 4 is 11.8 Å². The van der Waals surface area contributed by atoms with Crippen molar-refractivity contribution in [3.05, 3.63) is 70.8 Å². The van der Waals surface area contributed by atoms with Crippen molar-refractivity contribution in [3.8, 4) is 11.8 Å². The average molecular weight is 303 g/mol. The fourth-order valence-corrected chi connectivity index (χ4v) is 2.55. The Labute approximate surface area is 135 Å². The topological polar surface area (TPSA) is 37.4 Å². The summed E-state index contributed by atoms with van der Waals surface area (Å²) in [5.74, 6) is 5.72. The maximum absolute atomic E-state index is 12.4. The zero-order chi connectivity index (χ0) is 16.2. The average Bonchev–Trinajstić information content (AvgIpc) is 2.83. The summed E-state index contributed by atoms with van der Waals surface area (Å²) < 4.78 is 0. The van der Waals surface area contributed by atoms with Crippen LogP contribution in [0.3, 0.4) is 0 Å². The van der Waals surface area contributed by atoms with Gasteiger partial charge in [-0.05, 0) is 36.8 Å². The Morgan fingerprint density at radius 2 is 1.57 bits per heavy atom. The molecule has 0 aromatic heterocycles. The molecule has 0 bridgehead atoms. The molecule has 0 spiro atoms. The molecule has 2 aromatic carbocycles. The van der Waals surface area contributed by atoms with E-state index >= 15 is 0 Å². The summed E-state index contributed by atoms with van der Waals surface area (Å²) in [6.07, 6.45) is 1.77. The molecule has 1 aliphatic rings. The van der Waals surface area contributed by atoms with Crippen molar-refractivity contribution in [2.24, 2.45) is 0 Å². The molecule has 2 aromatic rings. The van der Waals surface area contributed by atoms with Crippen LogP contribution in [-0.4, -0.2) is 23.3 Å². The first kappa shape index (κ1) is 15.1. The molecular formula is C20H17NO2. The molecule has 0 radical (unpaired) electrons. The minimum Gasteiger partial charge on any atom is -0.274 e. The van der Waals surface area contributed by atoms with Crippen LogP contribution in [0.15, 0.2) is 48.5 Å². The first-order valence-electron chi connectivity index (χ1n) is 7.78. The highest BCUT2D eigenvalue weighted by Gasteiger charge is 2.34. The molecule has 0 saturated carbocycles. The van der Waals surface area contributed by atoms with Gasteiger partial charge in [0.25, 0.3) is 11.8 Å². The van der Waals surface area contributed by atoms with E-state index in [1.165, 1.54) is 4.90 Å². The summed E-state index contributed by atoms with van der Waals surface area (Å²) in [7, 11) is 0. The third kappa shape index (κ3) is 3.02. The first-order valence-corrected chi connectivity index (χ1v) is 7.78. The monoisotopic (exact) mass is 303 g/mol. The predicted octanol–water partition coefficient (Wildman–Crippen LogP) is 3.48. The van der Waals surface area contributed by atoms with Crippen LogP contribution in [0.2, 0.25) is 0 Å². The van der Waals surface area contributed by atoms with Gasteiger partial charge in [-0.25, -0.2) is 0 Å². The molecule has 1 heterocycles. The van der Waals surface area contributed by atoms with Crippen molar-refractivity contribution in [1.82, 2.24) is 4.90 Å². The maximum Gasteiger partial charge on any atom is 0.261 e. The van der Waals surface area contributed by atoms with Crippen molar-refractivity contribution in [1.29, 1.82) is 0 Å². The number of fused-ring (bicyclic) bond motifs is 1. The normalized spacial score (nSPS) is 12.8. The summed E-state index contributed by atoms with van der Waals surface area (Å²) in [6.45, 7) is 2.52. The second-order valence-corrected chi connectivity index (χ2v) is 5.49. The van der Waals surface area contributed by atoms with E-state index in [9.17, 15) is 9.59 Å². The van der Waals surface area contributed by atoms with Gasteiger partial charge in [0.15, 0.2) is 0 Å². The van der Waals surface area contributed by atoms with Crippen LogP contribution in [0.5, 0.6) is 0 Å². The zero-order valence-electron chi connectivity index (χ0n) is 13.0. The van der Waals surface area contributed by atoms with Gasteiger partial charge in [-0.15, -0.1) is 0 Å². The molecule has 23 heavy (non-hydrogen) atoms. The number of benzene rings is 2. The Bertz CT molecular complexity index is 813. The lowest BCUT2D eigenvalue weighted by molar-refractivity contribution is 0.0652. The third-order valence-electron chi connectivity index (χ3n) is 3.83. The molecule has 3 nitrogen and oxygen atoms in total. The van der Waals surface area contributed by atoms with E-state index in [2.05, 4.69) is 11.8 Å². The number of carbonyl (C=O) groups excluding carboxylic acids is 2. The number of unbranched alkanes of at least 4 members (excludes halogenated alkanes) is 1. The van der Waals surface area contributed by atoms with Crippen LogP contribution in [0, 0.1) is 11.8 Å². The lowest BCUT2D eigenvalue weighted by Crippen LogP contribution is -2.30. The molecule has 0 N–H and O–H groups in total. The highest BCUT2D eigenvalue weighted by molar-refractivity contribution is 6.21. The van der Waals surface area contributed by atoms with Gasteiger partial charge in [-0.3, -0.25) is 14.5 Å². The number of carbonyl (C=O) groups is 2. The molecule has 2 amide bonds. The van der Waals surface area contributed by atoms with E-state index in [1.54, 1.807) is 18.2 Å². The Morgan fingerprint density at radius 3 is 2.30 bits per heavy atom. The van der Waals surface area contributed by atoms with Crippen molar-refractivity contribution in [2.45, 2.75) is 19.8 Å². The lowest BCUT2D eigenvalue weighted by atomic mass is 10.1. The summed E-state index contributed by atoms with van der Waals surface area (Å²) in [6, 6.07) is 14.9. The van der Waals surface area contributed by atoms with Gasteiger partial charge >= 0.3 is 0 Å². The first-order chi connectivity index (χ1) is 11.2. The molecule has 1 aliphatic heterocycles. The fourth-order valence-electron chi connectivity index (χ4n) is 2.55. The van der Waals surface area contributed by atoms with Crippen LogP contribution < -0.4 is 0 Å². The second kappa shape index (κ2) is 6.50. The number of hydrogen-bond donors (Lipinski definition) is 0. The fraction of sp³-hybridized carbons (Fsp3) is 0.200. The lowest BCUT2D eigenvalue weighted by Gasteiger charge is -2.12. The summed E-state index contributed by atoms with van der Waals surface area (Å²) in [5, 5.41) is 0. The van der Waals surface area contributed by atoms with E-state index in [-0.39, 0.29) is 11.8 Å². The number of imide groups is 1. The largest absolute Gasteiger partial charge is 0.274 e. The minimum absolute atomic E-state index is 0.194. The van der Waals surface area contributed by atoms with Crippen LogP contribution in [0.4, 0.5) is 0 Å². The van der Waals surface area contributed by atoms with E-state index in [0.29, 0.717) is 17.7 Å². The van der Waals surface area contributed by atoms with Crippen LogP contribution in [0.1, 0.15) is 51.6 Å². The summed E-state index contributed by atoms with van der Waals surface area (Å²) in [5.41, 5.74) is 2.60. The Kier molecular flexibility index (Phi) is 4.25. The van der Waals surface area contributed by atoms with Gasteiger partial charge in [0.05, 0.1) is 11.1 Å². The molecule has 0 atom stereocenters. The van der Waals surface area contributed by atoms with Crippen LogP contribution in [0.25, 0.3) is 0 Å². The predicted molar refractivity (Wildman–Crippen MR) is 89.1 cm³/mol. The van der Waals surface area contributed by atoms with Crippen molar-refractivity contribution in [3.63, 3.8) is 0 Å². The molecular weight excluding hydrogens is 286 g/mol. The molecule has 114 valence electrons. The number of rotatable bonds is 3. The summed E-state index contributed by atoms with van der Waals surface area (Å²) >= 11 is 0. The molecule has 3 rings (SSSR count). The number of hydrogen-bond acceptors (Lipinski definition) is 2. The molecule has 0 saturated heterocycles. The standard InChI is InChI=1S/C20H17NO2/c1-2-3-13-21-19(22)17-12-11-16(14-18(17)20(21)23)10-9-15-7-5-4-6-8-15/h4-8,11-12,14H,2-3,13H2,1H3. The van der Waals surface area contributed by atoms with Gasteiger partial charge in [0.1, 0.15) is 0 Å². The van der Waals surface area contributed by atoms with E-state index < -0.39 is 0 Å². The van der Waals surface area contributed by atoms with Gasteiger partial charge in [-0.2, -0.15) is 0 Å². The van der Waals surface area contributed by atoms with E-state index in [4.69, 9.17) is 0 Å². The molecule has 0 unspecified atom stereocenters. The van der Waals surface area contributed by atoms with Crippen molar-refractivity contribution in [2.75, 3.05) is 6.54 Å². The Balaban J connectivity index is 1.88. The third-order valence-corrected chi connectivity index (χ3v) is 3.83. The summed E-state index contributed by atoms with van der Waals surface area (Å²) in [4.78, 5) is 26.0. The number of nitrogens with zero attached hydrogens (tertiary/aromatic N) is 1. The van der Waals surface area contributed by atoms with Gasteiger partial charge < -0.3 is 0 Å². The second-order valence-electron chi connectivity index (χ2n) is 5.49. The van der Waals surface area contributed by atoms with Crippen molar-refractivity contribution < 1.29 is 9.59 Å². The van der Waals surface area contributed by atoms with Gasteiger partial charge in [-0.1, -0.05) is 43.4 Å². The van der Waals surface area contributed by atoms with Crippen LogP contribution >= 0.6 is 0 Å². The molecule has 0 aliphatic carbocycles. The zero-order valence-corrected chi connectivity index (χ0v) is 13.0. The van der Waals surface area contributed by atoms with E-state index in [1.807, 2.05) is 37.3 Å². The minimum atomic E-state index is -0.207. The quantitative estimate of drug-likeness (QED) is 0.643. The smallest absolute Gasteiger partial charge is 0.261 e. The highest BCUT2D eigenvalue weighted by atomic mass is 16.2. The maximum atomic E-state index is 12.4. The van der Waals surface area contributed by atoms with Crippen LogP contribution in [-0.2, 0) is 0 Å². The molecule has 3 heteroatoms. The highest BCUT2D eigenvalue weighted by Crippen LogP contribution is 2.24. The number of amides is 2. The van der Waals surface area contributed by atoms with E-state index in [0.717, 1.165) is 24.0 Å². The molecule has 0 fully saturated rings. The van der Waals surface area contributed by atoms with Gasteiger partial charge in [0.2, 0.25) is 0 Å². The Morgan fingerprint density at radius 1 is 0.870 bits per heavy atom. The van der Waals surface area contributed by atoms with Gasteiger partial charge in [0, 0.05) is 17.7 Å². The SMILES string of the molecule is CCCCN1C(=O)c2ccc(C#Cc3ccccc3)cc2C1=O.